The van der Waals surface area contributed by atoms with Crippen LogP contribution in [0.1, 0.15) is 74.6 Å². The molecule has 5 rings (SSSR count). The van der Waals surface area contributed by atoms with Gasteiger partial charge in [-0.15, -0.1) is 0 Å². The minimum Gasteiger partial charge on any atom is -0.285 e. The number of aryl methyl sites for hydroxylation is 1. The summed E-state index contributed by atoms with van der Waals surface area (Å²) in [5.41, 5.74) is 3.89. The lowest BCUT2D eigenvalue weighted by molar-refractivity contribution is -0.904. The van der Waals surface area contributed by atoms with Crippen molar-refractivity contribution in [2.45, 2.75) is 65.7 Å². The molecule has 2 fully saturated rings. The molecule has 0 amide bonds. The van der Waals surface area contributed by atoms with Crippen molar-refractivity contribution in [3.8, 4) is 6.07 Å². The van der Waals surface area contributed by atoms with Crippen molar-refractivity contribution in [1.82, 2.24) is 0 Å². The van der Waals surface area contributed by atoms with E-state index in [0.717, 1.165) is 40.5 Å². The van der Waals surface area contributed by atoms with Gasteiger partial charge in [0.15, 0.2) is 0 Å². The average molecular weight is 422 g/mol. The number of fused-ring (bicyclic) bond motifs is 5. The molecule has 3 aliphatic carbocycles. The zero-order valence-corrected chi connectivity index (χ0v) is 19.1. The molecule has 1 N–H and O–H groups in total. The Morgan fingerprint density at radius 1 is 1.13 bits per heavy atom. The molecular formula is C27H34FN2O+. The van der Waals surface area contributed by atoms with Gasteiger partial charge in [0.25, 0.3) is 0 Å². The smallest absolute Gasteiger partial charge is 0.222 e. The van der Waals surface area contributed by atoms with Crippen LogP contribution in [0, 0.1) is 53.2 Å². The van der Waals surface area contributed by atoms with Crippen LogP contribution in [-0.4, -0.2) is 5.21 Å². The Morgan fingerprint density at radius 3 is 2.48 bits per heavy atom. The molecule has 0 spiro atoms. The molecule has 2 aromatic rings. The molecule has 4 heteroatoms. The van der Waals surface area contributed by atoms with E-state index < -0.39 is 0 Å². The van der Waals surface area contributed by atoms with Crippen LogP contribution < -0.4 is 4.73 Å². The number of halogens is 1. The van der Waals surface area contributed by atoms with E-state index in [4.69, 9.17) is 10.5 Å². The van der Waals surface area contributed by atoms with Crippen molar-refractivity contribution < 1.29 is 14.3 Å². The predicted octanol–water partition coefficient (Wildman–Crippen LogP) is 5.96. The number of nitrogens with zero attached hydrogens (tertiary/aromatic N) is 2. The van der Waals surface area contributed by atoms with Crippen LogP contribution in [0.15, 0.2) is 36.7 Å². The second-order valence-electron chi connectivity index (χ2n) is 10.4. The van der Waals surface area contributed by atoms with Gasteiger partial charge in [-0.2, -0.15) is 5.26 Å². The fourth-order valence-corrected chi connectivity index (χ4v) is 7.01. The van der Waals surface area contributed by atoms with E-state index in [1.165, 1.54) is 24.8 Å². The van der Waals surface area contributed by atoms with Crippen molar-refractivity contribution in [1.29, 1.82) is 5.26 Å². The quantitative estimate of drug-likeness (QED) is 0.422. The minimum absolute atomic E-state index is 0.213. The fraction of sp³-hybridized carbons (Fsp3) is 0.556. The van der Waals surface area contributed by atoms with Crippen LogP contribution in [0.3, 0.4) is 0 Å². The molecule has 1 heterocycles. The average Bonchev–Trinajstić information content (AvgIpc) is 3.05. The maximum absolute atomic E-state index is 14.6. The zero-order chi connectivity index (χ0) is 22.3. The van der Waals surface area contributed by atoms with E-state index in [-0.39, 0.29) is 11.4 Å². The van der Waals surface area contributed by atoms with Gasteiger partial charge in [-0.3, -0.25) is 5.21 Å². The monoisotopic (exact) mass is 421 g/mol. The topological polar surface area (TPSA) is 47.9 Å². The number of rotatable bonds is 0. The van der Waals surface area contributed by atoms with Crippen LogP contribution >= 0.6 is 0 Å². The first kappa shape index (κ1) is 21.8. The normalized spacial score (nSPS) is 33.2. The van der Waals surface area contributed by atoms with Crippen molar-refractivity contribution >= 4 is 0 Å². The van der Waals surface area contributed by atoms with E-state index in [1.807, 2.05) is 25.1 Å². The van der Waals surface area contributed by atoms with Gasteiger partial charge >= 0.3 is 0 Å². The van der Waals surface area contributed by atoms with Crippen molar-refractivity contribution in [3.63, 3.8) is 0 Å². The molecular weight excluding hydrogens is 387 g/mol. The Bertz CT molecular complexity index is 975. The summed E-state index contributed by atoms with van der Waals surface area (Å²) >= 11 is 0. The summed E-state index contributed by atoms with van der Waals surface area (Å²) < 4.78 is 15.6. The minimum atomic E-state index is -0.247. The summed E-state index contributed by atoms with van der Waals surface area (Å²) in [6.45, 7) is 9.29. The standard InChI is InChI=1S/C21H26FN.C6H8NO/c1-12-10-21(3)13(2)4-9-18(21)17-8-7-16-15(19(12)17)6-5-14(11-23)20(16)22;1-6-2-4-7(8)5-3-6/h5-6,12-13,17-19H,4,7-10H2,1-3H3;2-5,8H,1H3/q;+1/t12-,13-,17?,18?,19?,21+;/m0./s1. The van der Waals surface area contributed by atoms with Crippen LogP contribution in [0.5, 0.6) is 0 Å². The first-order valence-electron chi connectivity index (χ1n) is 11.6. The lowest BCUT2D eigenvalue weighted by Gasteiger charge is -2.53. The number of hydrogen-bond donors (Lipinski definition) is 1. The lowest BCUT2D eigenvalue weighted by atomic mass is 9.51. The third-order valence-electron chi connectivity index (χ3n) is 8.70. The van der Waals surface area contributed by atoms with Gasteiger partial charge < -0.3 is 0 Å². The van der Waals surface area contributed by atoms with Crippen molar-refractivity contribution in [2.24, 2.45) is 29.1 Å². The fourth-order valence-electron chi connectivity index (χ4n) is 7.01. The summed E-state index contributed by atoms with van der Waals surface area (Å²) in [6, 6.07) is 9.43. The Hall–Kier alpha value is -2.41. The van der Waals surface area contributed by atoms with E-state index in [1.54, 1.807) is 18.5 Å². The molecule has 2 saturated carbocycles. The summed E-state index contributed by atoms with van der Waals surface area (Å²) in [4.78, 5) is 0. The molecule has 1 aromatic carbocycles. The molecule has 31 heavy (non-hydrogen) atoms. The zero-order valence-electron chi connectivity index (χ0n) is 19.1. The maximum atomic E-state index is 14.6. The van der Waals surface area contributed by atoms with Gasteiger partial charge in [-0.1, -0.05) is 26.8 Å². The van der Waals surface area contributed by atoms with Gasteiger partial charge in [-0.05, 0) is 96.8 Å². The lowest BCUT2D eigenvalue weighted by Crippen LogP contribution is -2.45. The largest absolute Gasteiger partial charge is 0.285 e. The van der Waals surface area contributed by atoms with Crippen molar-refractivity contribution in [2.75, 3.05) is 0 Å². The Morgan fingerprint density at radius 2 is 1.84 bits per heavy atom. The highest BCUT2D eigenvalue weighted by molar-refractivity contribution is 5.44. The Kier molecular flexibility index (Phi) is 5.81. The summed E-state index contributed by atoms with van der Waals surface area (Å²) in [7, 11) is 0. The molecule has 1 aromatic heterocycles. The maximum Gasteiger partial charge on any atom is 0.222 e. The summed E-state index contributed by atoms with van der Waals surface area (Å²) in [5.74, 6) is 3.16. The van der Waals surface area contributed by atoms with E-state index >= 15 is 0 Å². The SMILES string of the molecule is C[C@H]1C[C@@]2(C)C(CC[C@@H]2C)C2CCc3c(ccc(C#N)c3F)C21.Cc1cc[n+](O)cc1. The van der Waals surface area contributed by atoms with E-state index in [9.17, 15) is 4.39 Å². The number of hydrogen-bond acceptors (Lipinski definition) is 2. The van der Waals surface area contributed by atoms with Gasteiger partial charge in [0.2, 0.25) is 12.4 Å². The van der Waals surface area contributed by atoms with Crippen LogP contribution in [-0.2, 0) is 6.42 Å². The highest BCUT2D eigenvalue weighted by Gasteiger charge is 2.55. The molecule has 164 valence electrons. The number of aromatic nitrogens is 1. The first-order chi connectivity index (χ1) is 14.8. The molecule has 0 aliphatic heterocycles. The second-order valence-corrected chi connectivity index (χ2v) is 10.4. The molecule has 3 nitrogen and oxygen atoms in total. The Balaban J connectivity index is 0.000000245. The molecule has 0 radical (unpaired) electrons. The molecule has 0 saturated heterocycles. The van der Waals surface area contributed by atoms with Gasteiger partial charge in [0.1, 0.15) is 11.9 Å². The van der Waals surface area contributed by atoms with Crippen LogP contribution in [0.25, 0.3) is 0 Å². The molecule has 0 bridgehead atoms. The van der Waals surface area contributed by atoms with Gasteiger partial charge in [0, 0.05) is 16.9 Å². The second kappa shape index (κ2) is 8.26. The van der Waals surface area contributed by atoms with Crippen LogP contribution in [0.2, 0.25) is 0 Å². The molecule has 3 unspecified atom stereocenters. The highest BCUT2D eigenvalue weighted by Crippen LogP contribution is 2.64. The van der Waals surface area contributed by atoms with Crippen LogP contribution in [0.4, 0.5) is 4.39 Å². The van der Waals surface area contributed by atoms with Gasteiger partial charge in [-0.25, -0.2) is 4.39 Å². The molecule has 3 aliphatic rings. The Labute approximate surface area is 185 Å². The number of benzene rings is 1. The highest BCUT2D eigenvalue weighted by atomic mass is 19.1. The number of nitriles is 1. The number of pyridine rings is 1. The van der Waals surface area contributed by atoms with E-state index in [0.29, 0.717) is 23.2 Å². The third kappa shape index (κ3) is 3.73. The van der Waals surface area contributed by atoms with Crippen molar-refractivity contribution in [3.05, 3.63) is 64.7 Å². The summed E-state index contributed by atoms with van der Waals surface area (Å²) in [6.07, 6.45) is 9.06. The predicted molar refractivity (Wildman–Crippen MR) is 118 cm³/mol. The van der Waals surface area contributed by atoms with Gasteiger partial charge in [0.05, 0.1) is 5.56 Å². The molecule has 6 atom stereocenters. The summed E-state index contributed by atoms with van der Waals surface area (Å²) in [5, 5.41) is 17.8. The van der Waals surface area contributed by atoms with E-state index in [2.05, 4.69) is 26.8 Å². The first-order valence-corrected chi connectivity index (χ1v) is 11.6. The third-order valence-corrected chi connectivity index (χ3v) is 8.70.